The Labute approximate surface area is 218 Å². The monoisotopic (exact) mass is 517 g/mol. The van der Waals surface area contributed by atoms with Crippen LogP contribution in [0.5, 0.6) is 0 Å². The fraction of sp³-hybridized carbons (Fsp3) is 0.276. The predicted molar refractivity (Wildman–Crippen MR) is 139 cm³/mol. The molecule has 1 saturated carbocycles. The second-order valence-electron chi connectivity index (χ2n) is 9.95. The van der Waals surface area contributed by atoms with Gasteiger partial charge in [0.2, 0.25) is 5.82 Å². The van der Waals surface area contributed by atoms with Crippen LogP contribution in [0.2, 0.25) is 5.02 Å². The van der Waals surface area contributed by atoms with Crippen LogP contribution in [0.3, 0.4) is 0 Å². The van der Waals surface area contributed by atoms with Crippen molar-refractivity contribution in [3.8, 4) is 34.0 Å². The molecule has 0 spiro atoms. The first-order valence-electron chi connectivity index (χ1n) is 12.4. The molecule has 0 radical (unpaired) electrons. The van der Waals surface area contributed by atoms with Gasteiger partial charge >= 0.3 is 5.97 Å². The van der Waals surface area contributed by atoms with Gasteiger partial charge in [0, 0.05) is 33.8 Å². The molecule has 6 nitrogen and oxygen atoms in total. The minimum Gasteiger partial charge on any atom is -0.481 e. The molecule has 2 aliphatic carbocycles. The fourth-order valence-electron chi connectivity index (χ4n) is 5.43. The number of nitrogens with one attached hydrogen (secondary N) is 1. The highest BCUT2D eigenvalue weighted by Crippen LogP contribution is 2.38. The molecule has 37 heavy (non-hydrogen) atoms. The van der Waals surface area contributed by atoms with Gasteiger partial charge in [0.1, 0.15) is 5.82 Å². The summed E-state index contributed by atoms with van der Waals surface area (Å²) in [7, 11) is 0. The highest BCUT2D eigenvalue weighted by atomic mass is 35.5. The number of aromatic nitrogens is 2. The van der Waals surface area contributed by atoms with Crippen molar-refractivity contribution in [2.75, 3.05) is 0 Å². The summed E-state index contributed by atoms with van der Waals surface area (Å²) in [4.78, 5) is 15.7. The molecule has 0 bridgehead atoms. The molecule has 188 valence electrons. The number of benzene rings is 3. The Hall–Kier alpha value is -3.55. The molecule has 1 atom stereocenters. The summed E-state index contributed by atoms with van der Waals surface area (Å²) >= 11 is 6.07. The average Bonchev–Trinajstić information content (AvgIpc) is 3.50. The summed E-state index contributed by atoms with van der Waals surface area (Å²) in [6.45, 7) is 1.91. The summed E-state index contributed by atoms with van der Waals surface area (Å²) < 4.78 is 19.9. The van der Waals surface area contributed by atoms with Crippen molar-refractivity contribution in [1.82, 2.24) is 15.5 Å². The molecule has 1 unspecified atom stereocenters. The first-order valence-corrected chi connectivity index (χ1v) is 12.8. The number of hydrogen-bond acceptors (Lipinski definition) is 5. The SMILES string of the molecule is Cc1cc(-c2nc(-c3ccc4c(c3)CCC4NC3CC(C(=O)O)C3)no2)ccc1-c1cc(Cl)ccc1F. The van der Waals surface area contributed by atoms with Gasteiger partial charge in [-0.05, 0) is 91.3 Å². The van der Waals surface area contributed by atoms with Crippen LogP contribution < -0.4 is 5.32 Å². The lowest BCUT2D eigenvalue weighted by Gasteiger charge is -2.35. The normalized spacial score (nSPS) is 20.5. The highest BCUT2D eigenvalue weighted by molar-refractivity contribution is 6.30. The summed E-state index contributed by atoms with van der Waals surface area (Å²) in [5, 5.41) is 17.4. The summed E-state index contributed by atoms with van der Waals surface area (Å²) in [5.41, 5.74) is 6.23. The van der Waals surface area contributed by atoms with Gasteiger partial charge in [0.05, 0.1) is 5.92 Å². The molecule has 1 fully saturated rings. The Bertz CT molecular complexity index is 1510. The molecular weight excluding hydrogens is 493 g/mol. The number of aliphatic carboxylic acids is 1. The van der Waals surface area contributed by atoms with E-state index in [1.165, 1.54) is 23.3 Å². The predicted octanol–water partition coefficient (Wildman–Crippen LogP) is 6.61. The zero-order valence-electron chi connectivity index (χ0n) is 20.2. The van der Waals surface area contributed by atoms with E-state index in [9.17, 15) is 9.18 Å². The minimum atomic E-state index is -0.699. The Morgan fingerprint density at radius 2 is 1.89 bits per heavy atom. The van der Waals surface area contributed by atoms with E-state index >= 15 is 0 Å². The molecular formula is C29H25ClFN3O3. The number of aryl methyl sites for hydroxylation is 2. The molecule has 1 aromatic heterocycles. The van der Waals surface area contributed by atoms with Gasteiger partial charge in [-0.3, -0.25) is 4.79 Å². The maximum Gasteiger partial charge on any atom is 0.306 e. The van der Waals surface area contributed by atoms with Crippen molar-refractivity contribution in [1.29, 1.82) is 0 Å². The topological polar surface area (TPSA) is 88.2 Å². The molecule has 2 N–H and O–H groups in total. The van der Waals surface area contributed by atoms with Crippen molar-refractivity contribution in [3.63, 3.8) is 0 Å². The van der Waals surface area contributed by atoms with Gasteiger partial charge in [0.15, 0.2) is 0 Å². The summed E-state index contributed by atoms with van der Waals surface area (Å²) in [6.07, 6.45) is 3.32. The number of carbonyl (C=O) groups is 1. The molecule has 2 aliphatic rings. The largest absolute Gasteiger partial charge is 0.481 e. The lowest BCUT2D eigenvalue weighted by Crippen LogP contribution is -2.45. The highest BCUT2D eigenvalue weighted by Gasteiger charge is 2.36. The van der Waals surface area contributed by atoms with Crippen molar-refractivity contribution < 1.29 is 18.8 Å². The lowest BCUT2D eigenvalue weighted by atomic mass is 9.80. The summed E-state index contributed by atoms with van der Waals surface area (Å²) in [6, 6.07) is 16.8. The standard InChI is InChI=1S/C29H25ClFN3O3/c1-15-10-18(3-6-22(15)24-14-20(30)5-8-25(24)31)28-33-27(34-37-28)17-2-7-23-16(11-17)4-9-26(23)32-21-12-19(13-21)29(35)36/h2-3,5-8,10-11,14,19,21,26,32H,4,9,12-13H2,1H3,(H,35,36). The maximum atomic E-state index is 14.4. The molecule has 1 heterocycles. The van der Waals surface area contributed by atoms with E-state index in [1.54, 1.807) is 6.07 Å². The van der Waals surface area contributed by atoms with Crippen molar-refractivity contribution in [3.05, 3.63) is 82.1 Å². The number of halogens is 2. The molecule has 4 aromatic rings. The number of nitrogens with zero attached hydrogens (tertiary/aromatic N) is 2. The Morgan fingerprint density at radius 1 is 1.08 bits per heavy atom. The zero-order valence-corrected chi connectivity index (χ0v) is 20.9. The molecule has 8 heteroatoms. The number of carboxylic acids is 1. The number of fused-ring (bicyclic) bond motifs is 1. The van der Waals surface area contributed by atoms with Crippen molar-refractivity contribution >= 4 is 17.6 Å². The second kappa shape index (κ2) is 9.39. The zero-order chi connectivity index (χ0) is 25.7. The average molecular weight is 518 g/mol. The van der Waals surface area contributed by atoms with E-state index in [0.29, 0.717) is 35.1 Å². The number of hydrogen-bond donors (Lipinski definition) is 2. The van der Waals surface area contributed by atoms with Crippen LogP contribution in [-0.4, -0.2) is 27.3 Å². The van der Waals surface area contributed by atoms with Crippen molar-refractivity contribution in [2.24, 2.45) is 5.92 Å². The van der Waals surface area contributed by atoms with Gasteiger partial charge in [-0.1, -0.05) is 35.0 Å². The van der Waals surface area contributed by atoms with Crippen molar-refractivity contribution in [2.45, 2.75) is 44.7 Å². The smallest absolute Gasteiger partial charge is 0.306 e. The van der Waals surface area contributed by atoms with Crippen LogP contribution in [0.4, 0.5) is 4.39 Å². The first kappa shape index (κ1) is 23.8. The fourth-order valence-corrected chi connectivity index (χ4v) is 5.60. The van der Waals surface area contributed by atoms with Gasteiger partial charge in [-0.2, -0.15) is 4.98 Å². The van der Waals surface area contributed by atoms with E-state index in [4.69, 9.17) is 21.2 Å². The van der Waals surface area contributed by atoms with Gasteiger partial charge in [0.25, 0.3) is 5.89 Å². The minimum absolute atomic E-state index is 0.217. The van der Waals surface area contributed by atoms with E-state index in [1.807, 2.05) is 31.2 Å². The third-order valence-corrected chi connectivity index (χ3v) is 7.76. The molecule has 3 aromatic carbocycles. The molecule has 0 aliphatic heterocycles. The Kier molecular flexibility index (Phi) is 6.05. The number of carboxylic acid groups (broad SMARTS) is 1. The Balaban J connectivity index is 1.19. The van der Waals surface area contributed by atoms with Crippen LogP contribution in [-0.2, 0) is 11.2 Å². The molecule has 6 rings (SSSR count). The van der Waals surface area contributed by atoms with E-state index in [-0.39, 0.29) is 23.8 Å². The maximum absolute atomic E-state index is 14.4. The third kappa shape index (κ3) is 4.54. The van der Waals surface area contributed by atoms with Crippen LogP contribution in [0.1, 0.15) is 42.0 Å². The van der Waals surface area contributed by atoms with E-state index < -0.39 is 5.97 Å². The quantitative estimate of drug-likeness (QED) is 0.299. The Morgan fingerprint density at radius 3 is 2.68 bits per heavy atom. The second-order valence-corrected chi connectivity index (χ2v) is 10.4. The molecule has 0 saturated heterocycles. The number of rotatable bonds is 6. The van der Waals surface area contributed by atoms with E-state index in [2.05, 4.69) is 27.6 Å². The van der Waals surface area contributed by atoms with Crippen LogP contribution in [0, 0.1) is 18.7 Å². The van der Waals surface area contributed by atoms with Crippen LogP contribution in [0.25, 0.3) is 34.0 Å². The van der Waals surface area contributed by atoms with Crippen LogP contribution >= 0.6 is 11.6 Å². The van der Waals surface area contributed by atoms with Gasteiger partial charge in [-0.15, -0.1) is 0 Å². The first-order chi connectivity index (χ1) is 17.9. The van der Waals surface area contributed by atoms with Gasteiger partial charge in [-0.25, -0.2) is 4.39 Å². The van der Waals surface area contributed by atoms with E-state index in [0.717, 1.165) is 35.1 Å². The lowest BCUT2D eigenvalue weighted by molar-refractivity contribution is -0.145. The summed E-state index contributed by atoms with van der Waals surface area (Å²) in [5.74, 6) is -0.331. The van der Waals surface area contributed by atoms with Crippen LogP contribution in [0.15, 0.2) is 59.1 Å². The third-order valence-electron chi connectivity index (χ3n) is 7.52. The molecule has 0 amide bonds. The van der Waals surface area contributed by atoms with Gasteiger partial charge < -0.3 is 14.9 Å².